The number of hydrogen-bond donors (Lipinski definition) is 0. The van der Waals surface area contributed by atoms with E-state index in [1.807, 2.05) is 30.1 Å². The molecule has 0 aromatic carbocycles. The van der Waals surface area contributed by atoms with Crippen LogP contribution in [0.25, 0.3) is 0 Å². The topological polar surface area (TPSA) is 52.4 Å². The Morgan fingerprint density at radius 2 is 2.38 bits per heavy atom. The summed E-state index contributed by atoms with van der Waals surface area (Å²) < 4.78 is 14.1. The molecular formula is C18H24N4O2. The van der Waals surface area contributed by atoms with Crippen LogP contribution in [0.15, 0.2) is 36.9 Å². The molecule has 0 unspecified atom stereocenters. The Labute approximate surface area is 142 Å². The second-order valence-corrected chi connectivity index (χ2v) is 6.96. The molecule has 0 N–H and O–H groups in total. The first-order valence-electron chi connectivity index (χ1n) is 8.61. The summed E-state index contributed by atoms with van der Waals surface area (Å²) in [6.07, 6.45) is 10.9. The summed E-state index contributed by atoms with van der Waals surface area (Å²) in [5, 5.41) is 4.26. The van der Waals surface area contributed by atoms with Gasteiger partial charge in [0.2, 0.25) is 0 Å². The quantitative estimate of drug-likeness (QED) is 0.859. The lowest BCUT2D eigenvalue weighted by Gasteiger charge is -2.39. The Morgan fingerprint density at radius 1 is 1.42 bits per heavy atom. The standard InChI is InChI=1S/C18H24N4O2/c1-21-11-15(9-20-21)12-22-7-3-5-18(14-22)8-17(13-23-18)24-16-4-2-6-19-10-16/h2,4,6,9-11,17H,3,5,7-8,12-14H2,1H3/t17-,18-/m0/s1. The number of piperidine rings is 1. The van der Waals surface area contributed by atoms with Gasteiger partial charge in [-0.15, -0.1) is 0 Å². The van der Waals surface area contributed by atoms with Crippen LogP contribution in [0.4, 0.5) is 0 Å². The van der Waals surface area contributed by atoms with Crippen molar-refractivity contribution in [1.29, 1.82) is 0 Å². The van der Waals surface area contributed by atoms with E-state index in [0.717, 1.165) is 38.2 Å². The number of rotatable bonds is 4. The highest BCUT2D eigenvalue weighted by Crippen LogP contribution is 2.36. The Hall–Kier alpha value is -1.92. The minimum absolute atomic E-state index is 0.0622. The van der Waals surface area contributed by atoms with Gasteiger partial charge in [0.1, 0.15) is 11.9 Å². The molecule has 2 fully saturated rings. The molecule has 128 valence electrons. The zero-order valence-electron chi connectivity index (χ0n) is 14.1. The van der Waals surface area contributed by atoms with Crippen LogP contribution in [-0.2, 0) is 18.3 Å². The highest BCUT2D eigenvalue weighted by Gasteiger charge is 2.44. The normalized spacial score (nSPS) is 27.6. The summed E-state index contributed by atoms with van der Waals surface area (Å²) in [7, 11) is 1.96. The first kappa shape index (κ1) is 15.6. The Bertz CT molecular complexity index is 675. The van der Waals surface area contributed by atoms with Crippen LogP contribution in [-0.4, -0.2) is 51.1 Å². The van der Waals surface area contributed by atoms with Crippen molar-refractivity contribution in [3.8, 4) is 5.75 Å². The summed E-state index contributed by atoms with van der Waals surface area (Å²) in [4.78, 5) is 6.59. The molecule has 2 atom stereocenters. The van der Waals surface area contributed by atoms with Gasteiger partial charge in [-0.2, -0.15) is 5.10 Å². The van der Waals surface area contributed by atoms with E-state index in [0.29, 0.717) is 6.61 Å². The summed E-state index contributed by atoms with van der Waals surface area (Å²) in [5.41, 5.74) is 1.20. The fourth-order valence-electron chi connectivity index (χ4n) is 3.91. The average Bonchev–Trinajstić information content (AvgIpc) is 3.15. The molecule has 6 nitrogen and oxygen atoms in total. The predicted octanol–water partition coefficient (Wildman–Crippen LogP) is 2.02. The third kappa shape index (κ3) is 3.44. The van der Waals surface area contributed by atoms with E-state index in [-0.39, 0.29) is 11.7 Å². The number of aryl methyl sites for hydroxylation is 1. The van der Waals surface area contributed by atoms with Crippen molar-refractivity contribution in [2.24, 2.45) is 7.05 Å². The summed E-state index contributed by atoms with van der Waals surface area (Å²) in [5.74, 6) is 0.825. The minimum Gasteiger partial charge on any atom is -0.486 e. The number of aromatic nitrogens is 3. The molecule has 0 bridgehead atoms. The molecule has 0 radical (unpaired) electrons. The number of hydrogen-bond acceptors (Lipinski definition) is 5. The van der Waals surface area contributed by atoms with Crippen LogP contribution in [0.5, 0.6) is 5.75 Å². The fourth-order valence-corrected chi connectivity index (χ4v) is 3.91. The molecule has 0 aliphatic carbocycles. The van der Waals surface area contributed by atoms with Gasteiger partial charge in [0, 0.05) is 44.5 Å². The third-order valence-corrected chi connectivity index (χ3v) is 4.90. The molecule has 2 aromatic rings. The van der Waals surface area contributed by atoms with E-state index in [2.05, 4.69) is 21.2 Å². The van der Waals surface area contributed by atoms with Gasteiger partial charge in [0.25, 0.3) is 0 Å². The van der Waals surface area contributed by atoms with Gasteiger partial charge in [0.05, 0.1) is 24.6 Å². The number of pyridine rings is 1. The lowest BCUT2D eigenvalue weighted by Crippen LogP contribution is -2.47. The van der Waals surface area contributed by atoms with Gasteiger partial charge in [0.15, 0.2) is 0 Å². The molecular weight excluding hydrogens is 304 g/mol. The molecule has 4 heterocycles. The van der Waals surface area contributed by atoms with Crippen LogP contribution in [0, 0.1) is 0 Å². The predicted molar refractivity (Wildman–Crippen MR) is 89.7 cm³/mol. The maximum atomic E-state index is 6.23. The Balaban J connectivity index is 1.36. The largest absolute Gasteiger partial charge is 0.486 e. The third-order valence-electron chi connectivity index (χ3n) is 4.90. The lowest BCUT2D eigenvalue weighted by atomic mass is 9.89. The summed E-state index contributed by atoms with van der Waals surface area (Å²) in [6, 6.07) is 3.85. The van der Waals surface area contributed by atoms with Crippen molar-refractivity contribution in [2.45, 2.75) is 37.5 Å². The minimum atomic E-state index is -0.0622. The SMILES string of the molecule is Cn1cc(CN2CCC[C@]3(C[C@H](Oc4cccnc4)CO3)C2)cn1. The van der Waals surface area contributed by atoms with Crippen LogP contribution in [0.2, 0.25) is 0 Å². The first-order chi connectivity index (χ1) is 11.7. The van der Waals surface area contributed by atoms with Crippen LogP contribution < -0.4 is 4.74 Å². The van der Waals surface area contributed by atoms with Gasteiger partial charge in [-0.25, -0.2) is 0 Å². The van der Waals surface area contributed by atoms with Crippen molar-refractivity contribution < 1.29 is 9.47 Å². The van der Waals surface area contributed by atoms with Gasteiger partial charge in [-0.05, 0) is 31.5 Å². The molecule has 2 saturated heterocycles. The number of nitrogens with zero attached hydrogens (tertiary/aromatic N) is 4. The molecule has 2 aromatic heterocycles. The van der Waals surface area contributed by atoms with Gasteiger partial charge in [-0.3, -0.25) is 14.6 Å². The van der Waals surface area contributed by atoms with E-state index >= 15 is 0 Å². The monoisotopic (exact) mass is 328 g/mol. The summed E-state index contributed by atoms with van der Waals surface area (Å²) >= 11 is 0. The maximum absolute atomic E-state index is 6.23. The van der Waals surface area contributed by atoms with Crippen molar-refractivity contribution in [3.05, 3.63) is 42.5 Å². The molecule has 0 saturated carbocycles. The van der Waals surface area contributed by atoms with E-state index in [9.17, 15) is 0 Å². The van der Waals surface area contributed by atoms with Crippen molar-refractivity contribution in [2.75, 3.05) is 19.7 Å². The van der Waals surface area contributed by atoms with Crippen molar-refractivity contribution >= 4 is 0 Å². The van der Waals surface area contributed by atoms with E-state index in [1.165, 1.54) is 12.0 Å². The molecule has 2 aliphatic heterocycles. The summed E-state index contributed by atoms with van der Waals surface area (Å²) in [6.45, 7) is 3.69. The molecule has 6 heteroatoms. The average molecular weight is 328 g/mol. The molecule has 0 amide bonds. The second-order valence-electron chi connectivity index (χ2n) is 6.96. The highest BCUT2D eigenvalue weighted by atomic mass is 16.6. The van der Waals surface area contributed by atoms with Crippen LogP contribution >= 0.6 is 0 Å². The van der Waals surface area contributed by atoms with Crippen molar-refractivity contribution in [3.63, 3.8) is 0 Å². The van der Waals surface area contributed by atoms with E-state index < -0.39 is 0 Å². The highest BCUT2D eigenvalue weighted by molar-refractivity contribution is 5.16. The van der Waals surface area contributed by atoms with E-state index in [4.69, 9.17) is 9.47 Å². The maximum Gasteiger partial charge on any atom is 0.138 e. The number of ether oxygens (including phenoxy) is 2. The first-order valence-corrected chi connectivity index (χ1v) is 8.61. The molecule has 4 rings (SSSR count). The van der Waals surface area contributed by atoms with Crippen LogP contribution in [0.3, 0.4) is 0 Å². The molecule has 24 heavy (non-hydrogen) atoms. The molecule has 2 aliphatic rings. The van der Waals surface area contributed by atoms with Crippen LogP contribution in [0.1, 0.15) is 24.8 Å². The van der Waals surface area contributed by atoms with Crippen molar-refractivity contribution in [1.82, 2.24) is 19.7 Å². The van der Waals surface area contributed by atoms with Gasteiger partial charge < -0.3 is 9.47 Å². The smallest absolute Gasteiger partial charge is 0.138 e. The molecule has 1 spiro atoms. The van der Waals surface area contributed by atoms with Gasteiger partial charge >= 0.3 is 0 Å². The fraction of sp³-hybridized carbons (Fsp3) is 0.556. The zero-order valence-corrected chi connectivity index (χ0v) is 14.1. The van der Waals surface area contributed by atoms with E-state index in [1.54, 1.807) is 12.4 Å². The van der Waals surface area contributed by atoms with Gasteiger partial charge in [-0.1, -0.05) is 0 Å². The lowest BCUT2D eigenvalue weighted by molar-refractivity contribution is -0.0538. The Kier molecular flexibility index (Phi) is 4.24. The number of likely N-dealkylation sites (tertiary alicyclic amines) is 1. The Morgan fingerprint density at radius 3 is 3.17 bits per heavy atom. The zero-order chi connectivity index (χ0) is 16.4. The second kappa shape index (κ2) is 6.53.